The topological polar surface area (TPSA) is 91.2 Å². The van der Waals surface area contributed by atoms with Crippen LogP contribution in [0.5, 0.6) is 0 Å². The average molecular weight is 512 g/mol. The minimum Gasteiger partial charge on any atom is -0.458 e. The number of hydrogen-bond donors (Lipinski definition) is 2. The van der Waals surface area contributed by atoms with E-state index in [-0.39, 0.29) is 35.0 Å². The zero-order valence-corrected chi connectivity index (χ0v) is 20.7. The van der Waals surface area contributed by atoms with Crippen molar-refractivity contribution in [2.75, 3.05) is 17.7 Å². The SMILES string of the molecule is C=CCOC(=O)C1=C(C)NC(SCC(=O)Nc2ccc(C)c(Cl)c2)=C(C#N)C1c1ccccc1F. The molecule has 1 unspecified atom stereocenters. The molecule has 0 radical (unpaired) electrons. The van der Waals surface area contributed by atoms with Gasteiger partial charge in [0.1, 0.15) is 12.4 Å². The number of carbonyl (C=O) groups excluding carboxylic acids is 2. The Morgan fingerprint density at radius 1 is 1.31 bits per heavy atom. The molecule has 1 aliphatic rings. The van der Waals surface area contributed by atoms with Crippen LogP contribution in [0.3, 0.4) is 0 Å². The number of nitrogens with zero attached hydrogens (tertiary/aromatic N) is 1. The predicted octanol–water partition coefficient (Wildman–Crippen LogP) is 5.58. The number of nitriles is 1. The van der Waals surface area contributed by atoms with Gasteiger partial charge in [-0.2, -0.15) is 5.26 Å². The van der Waals surface area contributed by atoms with Crippen molar-refractivity contribution in [3.8, 4) is 6.07 Å². The second-order valence-corrected chi connectivity index (χ2v) is 9.05. The van der Waals surface area contributed by atoms with Crippen molar-refractivity contribution >= 4 is 40.9 Å². The first-order valence-corrected chi connectivity index (χ1v) is 12.0. The third kappa shape index (κ3) is 6.13. The van der Waals surface area contributed by atoms with Crippen LogP contribution >= 0.6 is 23.4 Å². The fourth-order valence-electron chi connectivity index (χ4n) is 3.53. The van der Waals surface area contributed by atoms with Gasteiger partial charge in [0, 0.05) is 22.0 Å². The number of carbonyl (C=O) groups is 2. The van der Waals surface area contributed by atoms with Crippen molar-refractivity contribution in [3.63, 3.8) is 0 Å². The number of halogens is 2. The third-order valence-corrected chi connectivity index (χ3v) is 6.64. The second-order valence-electron chi connectivity index (χ2n) is 7.66. The van der Waals surface area contributed by atoms with Crippen molar-refractivity contribution in [2.24, 2.45) is 0 Å². The summed E-state index contributed by atoms with van der Waals surface area (Å²) in [5, 5.41) is 16.7. The van der Waals surface area contributed by atoms with Gasteiger partial charge >= 0.3 is 5.97 Å². The van der Waals surface area contributed by atoms with Gasteiger partial charge in [-0.05, 0) is 37.6 Å². The molecule has 0 spiro atoms. The van der Waals surface area contributed by atoms with E-state index in [1.807, 2.05) is 6.92 Å². The van der Waals surface area contributed by atoms with Crippen LogP contribution in [0.15, 0.2) is 77.0 Å². The number of esters is 1. The molecule has 2 N–H and O–H groups in total. The highest BCUT2D eigenvalue weighted by molar-refractivity contribution is 8.03. The number of rotatable bonds is 8. The molecular weight excluding hydrogens is 489 g/mol. The van der Waals surface area contributed by atoms with Crippen LogP contribution in [0.2, 0.25) is 5.02 Å². The van der Waals surface area contributed by atoms with Crippen LogP contribution in [0, 0.1) is 24.1 Å². The average Bonchev–Trinajstić information content (AvgIpc) is 2.83. The first-order valence-electron chi connectivity index (χ1n) is 10.6. The minimum absolute atomic E-state index is 0.0317. The second kappa shape index (κ2) is 11.7. The van der Waals surface area contributed by atoms with Crippen molar-refractivity contribution < 1.29 is 18.7 Å². The molecule has 0 bridgehead atoms. The molecule has 1 atom stereocenters. The molecule has 0 aliphatic carbocycles. The fourth-order valence-corrected chi connectivity index (χ4v) is 4.61. The molecule has 0 saturated heterocycles. The van der Waals surface area contributed by atoms with Gasteiger partial charge < -0.3 is 15.4 Å². The van der Waals surface area contributed by atoms with Crippen LogP contribution in [-0.4, -0.2) is 24.2 Å². The Bertz CT molecular complexity index is 1280. The molecule has 180 valence electrons. The Labute approximate surface area is 212 Å². The number of aryl methyl sites for hydroxylation is 1. The van der Waals surface area contributed by atoms with Crippen LogP contribution < -0.4 is 10.6 Å². The summed E-state index contributed by atoms with van der Waals surface area (Å²) < 4.78 is 20.0. The molecule has 2 aromatic carbocycles. The summed E-state index contributed by atoms with van der Waals surface area (Å²) in [5.41, 5.74) is 2.23. The molecule has 2 aromatic rings. The normalized spacial score (nSPS) is 15.2. The lowest BCUT2D eigenvalue weighted by atomic mass is 9.82. The summed E-state index contributed by atoms with van der Waals surface area (Å²) in [5.74, 6) is -2.60. The monoisotopic (exact) mass is 511 g/mol. The highest BCUT2D eigenvalue weighted by atomic mass is 35.5. The Hall–Kier alpha value is -3.54. The van der Waals surface area contributed by atoms with Gasteiger partial charge in [0.25, 0.3) is 0 Å². The Kier molecular flexibility index (Phi) is 8.74. The van der Waals surface area contributed by atoms with Crippen molar-refractivity contribution in [1.82, 2.24) is 5.32 Å². The summed E-state index contributed by atoms with van der Waals surface area (Å²) in [6, 6.07) is 13.2. The lowest BCUT2D eigenvalue weighted by Gasteiger charge is -2.29. The standard InChI is InChI=1S/C26H23ClFN3O3S/c1-4-11-34-26(33)23-16(3)30-25(19(13-29)24(23)18-7-5-6-8-21(18)28)35-14-22(32)31-17-10-9-15(2)20(27)12-17/h4-10,12,24,30H,1,11,14H2,2-3H3,(H,31,32). The zero-order valence-electron chi connectivity index (χ0n) is 19.2. The van der Waals surface area contributed by atoms with E-state index in [4.69, 9.17) is 16.3 Å². The number of anilines is 1. The van der Waals surface area contributed by atoms with Crippen molar-refractivity contribution in [3.05, 3.63) is 99.0 Å². The minimum atomic E-state index is -0.999. The van der Waals surface area contributed by atoms with E-state index in [0.717, 1.165) is 17.3 Å². The van der Waals surface area contributed by atoms with Crippen LogP contribution in [-0.2, 0) is 14.3 Å². The smallest absolute Gasteiger partial charge is 0.337 e. The van der Waals surface area contributed by atoms with Gasteiger partial charge in [0.05, 0.1) is 33.9 Å². The Morgan fingerprint density at radius 3 is 2.71 bits per heavy atom. The van der Waals surface area contributed by atoms with E-state index in [9.17, 15) is 19.2 Å². The zero-order chi connectivity index (χ0) is 25.5. The van der Waals surface area contributed by atoms with Crippen LogP contribution in [0.1, 0.15) is 24.0 Å². The largest absolute Gasteiger partial charge is 0.458 e. The number of nitrogens with one attached hydrogen (secondary N) is 2. The molecular formula is C26H23ClFN3O3S. The van der Waals surface area contributed by atoms with Crippen molar-refractivity contribution in [2.45, 2.75) is 19.8 Å². The van der Waals surface area contributed by atoms with Gasteiger partial charge in [0.15, 0.2) is 0 Å². The maximum Gasteiger partial charge on any atom is 0.337 e. The molecule has 9 heteroatoms. The van der Waals surface area contributed by atoms with Gasteiger partial charge in [-0.15, -0.1) is 0 Å². The first-order chi connectivity index (χ1) is 16.8. The van der Waals surface area contributed by atoms with Crippen LogP contribution in [0.25, 0.3) is 0 Å². The molecule has 1 heterocycles. The molecule has 0 fully saturated rings. The van der Waals surface area contributed by atoms with E-state index >= 15 is 0 Å². The van der Waals surface area contributed by atoms with Crippen LogP contribution in [0.4, 0.5) is 10.1 Å². The van der Waals surface area contributed by atoms with Gasteiger partial charge in [0.2, 0.25) is 5.91 Å². The number of allylic oxidation sites excluding steroid dienone is 2. The van der Waals surface area contributed by atoms with E-state index in [1.54, 1.807) is 31.2 Å². The summed E-state index contributed by atoms with van der Waals surface area (Å²) in [4.78, 5) is 25.4. The Balaban J connectivity index is 1.90. The van der Waals surface area contributed by atoms with E-state index in [1.165, 1.54) is 24.3 Å². The van der Waals surface area contributed by atoms with Gasteiger partial charge in [-0.3, -0.25) is 4.79 Å². The Morgan fingerprint density at radius 2 is 2.06 bits per heavy atom. The number of thioether (sulfide) groups is 1. The number of ether oxygens (including phenoxy) is 1. The molecule has 6 nitrogen and oxygen atoms in total. The molecule has 0 aromatic heterocycles. The van der Waals surface area contributed by atoms with Gasteiger partial charge in [-0.1, -0.05) is 60.3 Å². The maximum atomic E-state index is 14.8. The van der Waals surface area contributed by atoms with E-state index in [2.05, 4.69) is 23.3 Å². The molecule has 35 heavy (non-hydrogen) atoms. The number of dihydropyridines is 1. The number of amides is 1. The first kappa shape index (κ1) is 26.1. The summed E-state index contributed by atoms with van der Waals surface area (Å²) in [6.07, 6.45) is 1.42. The molecule has 3 rings (SSSR count). The molecule has 1 amide bonds. The maximum absolute atomic E-state index is 14.8. The third-order valence-electron chi connectivity index (χ3n) is 5.22. The van der Waals surface area contributed by atoms with Gasteiger partial charge in [-0.25, -0.2) is 9.18 Å². The molecule has 1 aliphatic heterocycles. The quantitative estimate of drug-likeness (QED) is 0.355. The number of benzene rings is 2. The summed E-state index contributed by atoms with van der Waals surface area (Å²) in [6.45, 7) is 7.00. The van der Waals surface area contributed by atoms with E-state index < -0.39 is 17.7 Å². The predicted molar refractivity (Wildman–Crippen MR) is 136 cm³/mol. The molecule has 0 saturated carbocycles. The summed E-state index contributed by atoms with van der Waals surface area (Å²) >= 11 is 7.20. The fraction of sp³-hybridized carbons (Fsp3) is 0.192. The number of hydrogen-bond acceptors (Lipinski definition) is 6. The lowest BCUT2D eigenvalue weighted by molar-refractivity contribution is -0.138. The highest BCUT2D eigenvalue weighted by Crippen LogP contribution is 2.41. The van der Waals surface area contributed by atoms with Crippen molar-refractivity contribution in [1.29, 1.82) is 5.26 Å². The van der Waals surface area contributed by atoms with E-state index in [0.29, 0.717) is 21.4 Å². The summed E-state index contributed by atoms with van der Waals surface area (Å²) in [7, 11) is 0. The lowest BCUT2D eigenvalue weighted by Crippen LogP contribution is -2.30. The highest BCUT2D eigenvalue weighted by Gasteiger charge is 2.37.